The molecule has 1 aromatic carbocycles. The zero-order valence-corrected chi connectivity index (χ0v) is 14.7. The normalized spacial score (nSPS) is 20.3. The Hall–Kier alpha value is -2.06. The maximum absolute atomic E-state index is 12.1. The molecule has 1 saturated carbocycles. The number of hydrogen-bond donors (Lipinski definition) is 2. The summed E-state index contributed by atoms with van der Waals surface area (Å²) in [5.74, 6) is 0.951. The van der Waals surface area contributed by atoms with Crippen LogP contribution in [0.4, 0.5) is 0 Å². The van der Waals surface area contributed by atoms with Crippen molar-refractivity contribution in [2.75, 3.05) is 13.2 Å². The molecule has 1 aliphatic carbocycles. The summed E-state index contributed by atoms with van der Waals surface area (Å²) in [5.41, 5.74) is 0.582. The summed E-state index contributed by atoms with van der Waals surface area (Å²) in [5, 5.41) is 21.5. The predicted octanol–water partition coefficient (Wildman–Crippen LogP) is 3.16. The van der Waals surface area contributed by atoms with Crippen LogP contribution in [0, 0.1) is 17.2 Å². The number of aliphatic hydroxyl groups is 1. The quantitative estimate of drug-likeness (QED) is 0.560. The lowest BCUT2D eigenvalue weighted by Gasteiger charge is -2.24. The highest BCUT2D eigenvalue weighted by atomic mass is 16.5. The number of amides is 1. The van der Waals surface area contributed by atoms with E-state index in [4.69, 9.17) is 10.00 Å². The predicted molar refractivity (Wildman–Crippen MR) is 96.1 cm³/mol. The number of aliphatic hydroxyl groups excluding tert-OH is 1. The second-order valence-electron chi connectivity index (χ2n) is 6.70. The number of rotatable bonds is 8. The van der Waals surface area contributed by atoms with E-state index in [0.717, 1.165) is 38.5 Å². The molecule has 0 aliphatic heterocycles. The molecular formula is C20H28N2O3. The van der Waals surface area contributed by atoms with Gasteiger partial charge in [-0.15, -0.1) is 0 Å². The minimum Gasteiger partial charge on any atom is -0.494 e. The fraction of sp³-hybridized carbons (Fsp3) is 0.600. The first-order valence-electron chi connectivity index (χ1n) is 9.26. The van der Waals surface area contributed by atoms with Crippen molar-refractivity contribution in [1.82, 2.24) is 5.32 Å². The van der Waals surface area contributed by atoms with Crippen molar-refractivity contribution in [2.45, 2.75) is 57.4 Å². The molecule has 25 heavy (non-hydrogen) atoms. The van der Waals surface area contributed by atoms with Gasteiger partial charge in [-0.2, -0.15) is 5.26 Å². The third kappa shape index (κ3) is 6.75. The summed E-state index contributed by atoms with van der Waals surface area (Å²) in [4.78, 5) is 12.1. The van der Waals surface area contributed by atoms with Gasteiger partial charge in [-0.05, 0) is 43.9 Å². The van der Waals surface area contributed by atoms with Crippen molar-refractivity contribution in [3.05, 3.63) is 29.8 Å². The Morgan fingerprint density at radius 3 is 2.92 bits per heavy atom. The molecular weight excluding hydrogens is 316 g/mol. The summed E-state index contributed by atoms with van der Waals surface area (Å²) in [6.07, 6.45) is 7.45. The van der Waals surface area contributed by atoms with Gasteiger partial charge in [0.2, 0.25) is 5.91 Å². The molecule has 2 rings (SSSR count). The molecule has 1 aromatic rings. The van der Waals surface area contributed by atoms with Crippen LogP contribution in [0.2, 0.25) is 0 Å². The molecule has 2 unspecified atom stereocenters. The number of carbonyl (C=O) groups excluding carboxylic acids is 1. The molecule has 0 heterocycles. The molecule has 2 atom stereocenters. The van der Waals surface area contributed by atoms with Crippen LogP contribution in [-0.2, 0) is 4.79 Å². The molecule has 5 nitrogen and oxygen atoms in total. The second kappa shape index (κ2) is 10.7. The van der Waals surface area contributed by atoms with Crippen LogP contribution >= 0.6 is 0 Å². The average molecular weight is 344 g/mol. The van der Waals surface area contributed by atoms with Gasteiger partial charge in [-0.1, -0.05) is 25.3 Å². The van der Waals surface area contributed by atoms with Gasteiger partial charge in [0.1, 0.15) is 5.75 Å². The molecule has 0 saturated heterocycles. The van der Waals surface area contributed by atoms with Crippen molar-refractivity contribution in [3.8, 4) is 11.8 Å². The largest absolute Gasteiger partial charge is 0.494 e. The van der Waals surface area contributed by atoms with Crippen molar-refractivity contribution in [3.63, 3.8) is 0 Å². The maximum Gasteiger partial charge on any atom is 0.220 e. The number of unbranched alkanes of at least 4 members (excludes halogenated alkanes) is 1. The van der Waals surface area contributed by atoms with E-state index in [1.165, 1.54) is 6.42 Å². The summed E-state index contributed by atoms with van der Waals surface area (Å²) in [6.45, 7) is 0.686. The third-order valence-corrected chi connectivity index (χ3v) is 4.77. The molecule has 1 amide bonds. The molecule has 5 heteroatoms. The highest BCUT2D eigenvalue weighted by molar-refractivity contribution is 5.76. The Morgan fingerprint density at radius 2 is 2.12 bits per heavy atom. The van der Waals surface area contributed by atoms with Gasteiger partial charge in [0.15, 0.2) is 0 Å². The van der Waals surface area contributed by atoms with E-state index in [9.17, 15) is 9.90 Å². The van der Waals surface area contributed by atoms with E-state index in [1.807, 2.05) is 6.07 Å². The van der Waals surface area contributed by atoms with Gasteiger partial charge in [-0.3, -0.25) is 4.79 Å². The Kier molecular flexibility index (Phi) is 8.27. The van der Waals surface area contributed by atoms with Crippen molar-refractivity contribution in [1.29, 1.82) is 5.26 Å². The minimum atomic E-state index is 0.0665. The minimum absolute atomic E-state index is 0.0665. The van der Waals surface area contributed by atoms with Crippen molar-refractivity contribution in [2.24, 2.45) is 5.92 Å². The molecule has 0 aromatic heterocycles. The van der Waals surface area contributed by atoms with Crippen LogP contribution in [0.25, 0.3) is 0 Å². The lowest BCUT2D eigenvalue weighted by Crippen LogP contribution is -2.41. The van der Waals surface area contributed by atoms with Crippen LogP contribution in [-0.4, -0.2) is 30.3 Å². The standard InChI is InChI=1S/C20H28N2O3/c21-14-16-7-6-9-18(13-16)25-12-5-4-11-20(24)22-19-10-3-1-2-8-17(19)15-23/h6-7,9,13,17,19,23H,1-5,8,10-12,15H2,(H,22,24). The van der Waals surface area contributed by atoms with Crippen LogP contribution in [0.5, 0.6) is 5.75 Å². The summed E-state index contributed by atoms with van der Waals surface area (Å²) >= 11 is 0. The number of carbonyl (C=O) groups is 1. The average Bonchev–Trinajstić information content (AvgIpc) is 2.86. The number of ether oxygens (including phenoxy) is 1. The first kappa shape index (κ1) is 19.3. The molecule has 136 valence electrons. The van der Waals surface area contributed by atoms with Crippen LogP contribution < -0.4 is 10.1 Å². The topological polar surface area (TPSA) is 82.3 Å². The number of nitriles is 1. The number of hydrogen-bond acceptors (Lipinski definition) is 4. The zero-order chi connectivity index (χ0) is 17.9. The summed E-state index contributed by atoms with van der Waals surface area (Å²) in [6, 6.07) is 9.28. The second-order valence-corrected chi connectivity index (χ2v) is 6.70. The van der Waals surface area contributed by atoms with E-state index < -0.39 is 0 Å². The lowest BCUT2D eigenvalue weighted by molar-refractivity contribution is -0.122. The van der Waals surface area contributed by atoms with E-state index in [1.54, 1.807) is 18.2 Å². The number of benzene rings is 1. The third-order valence-electron chi connectivity index (χ3n) is 4.77. The van der Waals surface area contributed by atoms with Gasteiger partial charge < -0.3 is 15.2 Å². The highest BCUT2D eigenvalue weighted by Crippen LogP contribution is 2.23. The fourth-order valence-corrected chi connectivity index (χ4v) is 3.31. The molecule has 0 spiro atoms. The SMILES string of the molecule is N#Cc1cccc(OCCCCC(=O)NC2CCCCCC2CO)c1. The fourth-order valence-electron chi connectivity index (χ4n) is 3.31. The van der Waals surface area contributed by atoms with Gasteiger partial charge in [0.25, 0.3) is 0 Å². The van der Waals surface area contributed by atoms with Crippen molar-refractivity contribution < 1.29 is 14.6 Å². The van der Waals surface area contributed by atoms with Gasteiger partial charge >= 0.3 is 0 Å². The van der Waals surface area contributed by atoms with Crippen LogP contribution in [0.1, 0.15) is 56.9 Å². The van der Waals surface area contributed by atoms with Crippen LogP contribution in [0.15, 0.2) is 24.3 Å². The number of nitrogens with zero attached hydrogens (tertiary/aromatic N) is 1. The summed E-state index contributed by atoms with van der Waals surface area (Å²) < 4.78 is 5.62. The van der Waals surface area contributed by atoms with E-state index in [2.05, 4.69) is 11.4 Å². The maximum atomic E-state index is 12.1. The Morgan fingerprint density at radius 1 is 1.28 bits per heavy atom. The van der Waals surface area contributed by atoms with E-state index in [0.29, 0.717) is 24.3 Å². The van der Waals surface area contributed by atoms with Crippen molar-refractivity contribution >= 4 is 5.91 Å². The van der Waals surface area contributed by atoms with Crippen LogP contribution in [0.3, 0.4) is 0 Å². The molecule has 0 radical (unpaired) electrons. The van der Waals surface area contributed by atoms with E-state index in [-0.39, 0.29) is 24.5 Å². The first-order valence-corrected chi connectivity index (χ1v) is 9.26. The smallest absolute Gasteiger partial charge is 0.220 e. The molecule has 0 bridgehead atoms. The van der Waals surface area contributed by atoms with Gasteiger partial charge in [0, 0.05) is 25.0 Å². The highest BCUT2D eigenvalue weighted by Gasteiger charge is 2.24. The van der Waals surface area contributed by atoms with Gasteiger partial charge in [-0.25, -0.2) is 0 Å². The zero-order valence-electron chi connectivity index (χ0n) is 14.7. The Labute approximate surface area is 150 Å². The lowest BCUT2D eigenvalue weighted by atomic mass is 9.95. The summed E-state index contributed by atoms with van der Waals surface area (Å²) in [7, 11) is 0. The molecule has 1 fully saturated rings. The molecule has 1 aliphatic rings. The molecule has 2 N–H and O–H groups in total. The van der Waals surface area contributed by atoms with Gasteiger partial charge in [0.05, 0.1) is 18.2 Å². The Balaban J connectivity index is 1.64. The monoisotopic (exact) mass is 344 g/mol. The number of nitrogens with one attached hydrogen (secondary N) is 1. The first-order chi connectivity index (χ1) is 12.2. The Bertz CT molecular complexity index is 583. The van der Waals surface area contributed by atoms with E-state index >= 15 is 0 Å².